The van der Waals surface area contributed by atoms with Gasteiger partial charge in [-0.25, -0.2) is 4.98 Å². The Bertz CT molecular complexity index is 781. The van der Waals surface area contributed by atoms with E-state index in [0.29, 0.717) is 16.9 Å². The van der Waals surface area contributed by atoms with E-state index in [1.807, 2.05) is 41.4 Å². The number of hydrogen-bond donors (Lipinski definition) is 2. The highest BCUT2D eigenvalue weighted by Gasteiger charge is 2.17. The number of hydrogen-bond acceptors (Lipinski definition) is 5. The van der Waals surface area contributed by atoms with Crippen molar-refractivity contribution < 1.29 is 9.59 Å². The molecule has 0 bridgehead atoms. The number of carbonyl (C=O) groups is 2. The van der Waals surface area contributed by atoms with Gasteiger partial charge < -0.3 is 10.6 Å². The van der Waals surface area contributed by atoms with Gasteiger partial charge in [0.15, 0.2) is 0 Å². The molecule has 144 valence electrons. The number of amides is 2. The van der Waals surface area contributed by atoms with Crippen molar-refractivity contribution in [1.29, 1.82) is 0 Å². The molecule has 2 amide bonds. The number of nitrogens with one attached hydrogen (secondary N) is 2. The number of carbonyl (C=O) groups excluding carboxylic acids is 2. The van der Waals surface area contributed by atoms with Crippen LogP contribution in [0.3, 0.4) is 0 Å². The van der Waals surface area contributed by atoms with Gasteiger partial charge in [0.2, 0.25) is 0 Å². The van der Waals surface area contributed by atoms with Gasteiger partial charge in [0, 0.05) is 27.1 Å². The average Bonchev–Trinajstić information content (AvgIpc) is 3.33. The van der Waals surface area contributed by atoms with Gasteiger partial charge >= 0.3 is 11.8 Å². The number of benzene rings is 1. The van der Waals surface area contributed by atoms with Crippen LogP contribution < -0.4 is 10.6 Å². The minimum absolute atomic E-state index is 0.256. The Morgan fingerprint density at radius 3 is 2.52 bits per heavy atom. The van der Waals surface area contributed by atoms with Gasteiger partial charge in [-0.2, -0.15) is 0 Å². The van der Waals surface area contributed by atoms with E-state index in [9.17, 15) is 9.59 Å². The lowest BCUT2D eigenvalue weighted by molar-refractivity contribution is -0.136. The standard InChI is InChI=1S/C20H25N3O2S2/c1-13(2)20-23-15(12-26-20)11-21-18(24)19(25)22-14-7-9-17(10-8-14)27-16-5-3-4-6-16/h7-10,12-13,16H,3-6,11H2,1-2H3,(H,21,24)(H,22,25). The molecule has 2 aromatic rings. The van der Waals surface area contributed by atoms with Crippen molar-refractivity contribution in [2.75, 3.05) is 5.32 Å². The highest BCUT2D eigenvalue weighted by atomic mass is 32.2. The molecule has 1 aliphatic carbocycles. The first kappa shape index (κ1) is 19.9. The molecule has 7 heteroatoms. The first-order valence-corrected chi connectivity index (χ1v) is 11.1. The zero-order valence-corrected chi connectivity index (χ0v) is 17.3. The van der Waals surface area contributed by atoms with Crippen LogP contribution >= 0.6 is 23.1 Å². The van der Waals surface area contributed by atoms with Crippen LogP contribution in [0.4, 0.5) is 5.69 Å². The zero-order chi connectivity index (χ0) is 19.2. The fourth-order valence-corrected chi connectivity index (χ4v) is 5.01. The number of aromatic nitrogens is 1. The summed E-state index contributed by atoms with van der Waals surface area (Å²) in [6.45, 7) is 4.41. The van der Waals surface area contributed by atoms with Crippen LogP contribution in [-0.2, 0) is 16.1 Å². The summed E-state index contributed by atoms with van der Waals surface area (Å²) in [5.41, 5.74) is 1.40. The second-order valence-corrected chi connectivity index (χ2v) is 9.28. The van der Waals surface area contributed by atoms with Crippen LogP contribution in [-0.4, -0.2) is 22.0 Å². The smallest absolute Gasteiger partial charge is 0.313 e. The van der Waals surface area contributed by atoms with Crippen LogP contribution in [0.25, 0.3) is 0 Å². The highest BCUT2D eigenvalue weighted by Crippen LogP contribution is 2.34. The Kier molecular flexibility index (Phi) is 6.90. The number of anilines is 1. The summed E-state index contributed by atoms with van der Waals surface area (Å²) < 4.78 is 0. The van der Waals surface area contributed by atoms with E-state index < -0.39 is 11.8 Å². The Balaban J connectivity index is 1.46. The number of nitrogens with zero attached hydrogens (tertiary/aromatic N) is 1. The summed E-state index contributed by atoms with van der Waals surface area (Å²) in [6, 6.07) is 7.69. The molecule has 2 N–H and O–H groups in total. The van der Waals surface area contributed by atoms with Crippen molar-refractivity contribution >= 4 is 40.6 Å². The average molecular weight is 404 g/mol. The highest BCUT2D eigenvalue weighted by molar-refractivity contribution is 8.00. The van der Waals surface area contributed by atoms with Gasteiger partial charge in [0.25, 0.3) is 0 Å². The summed E-state index contributed by atoms with van der Waals surface area (Å²) >= 11 is 3.46. The summed E-state index contributed by atoms with van der Waals surface area (Å²) in [6.07, 6.45) is 5.20. The second kappa shape index (κ2) is 9.37. The molecule has 0 unspecified atom stereocenters. The van der Waals surface area contributed by atoms with E-state index in [1.165, 1.54) is 30.6 Å². The fourth-order valence-electron chi connectivity index (χ4n) is 2.92. The molecular weight excluding hydrogens is 378 g/mol. The maximum absolute atomic E-state index is 12.1. The maximum Gasteiger partial charge on any atom is 0.313 e. The molecule has 5 nitrogen and oxygen atoms in total. The molecule has 0 spiro atoms. The van der Waals surface area contributed by atoms with E-state index in [1.54, 1.807) is 11.3 Å². The summed E-state index contributed by atoms with van der Waals surface area (Å²) in [7, 11) is 0. The number of rotatable bonds is 6. The molecular formula is C20H25N3O2S2. The fraction of sp³-hybridized carbons (Fsp3) is 0.450. The van der Waals surface area contributed by atoms with Crippen molar-refractivity contribution in [2.45, 2.75) is 62.1 Å². The molecule has 1 saturated carbocycles. The van der Waals surface area contributed by atoms with Crippen molar-refractivity contribution in [1.82, 2.24) is 10.3 Å². The lowest BCUT2D eigenvalue weighted by Gasteiger charge is -2.10. The molecule has 3 rings (SSSR count). The molecule has 1 fully saturated rings. The topological polar surface area (TPSA) is 71.1 Å². The Hall–Kier alpha value is -1.86. The van der Waals surface area contributed by atoms with E-state index in [-0.39, 0.29) is 6.54 Å². The quantitative estimate of drug-likeness (QED) is 0.694. The van der Waals surface area contributed by atoms with Crippen molar-refractivity contribution in [3.63, 3.8) is 0 Å². The van der Waals surface area contributed by atoms with Gasteiger partial charge in [0.1, 0.15) is 0 Å². The van der Waals surface area contributed by atoms with Crippen LogP contribution in [0.5, 0.6) is 0 Å². The van der Waals surface area contributed by atoms with E-state index in [2.05, 4.69) is 29.5 Å². The number of thiazole rings is 1. The summed E-state index contributed by atoms with van der Waals surface area (Å²) in [4.78, 5) is 29.7. The Labute approximate surface area is 168 Å². The second-order valence-electron chi connectivity index (χ2n) is 7.02. The van der Waals surface area contributed by atoms with Gasteiger partial charge in [0.05, 0.1) is 17.2 Å². The minimum Gasteiger partial charge on any atom is -0.342 e. The van der Waals surface area contributed by atoms with Gasteiger partial charge in [-0.05, 0) is 37.1 Å². The van der Waals surface area contributed by atoms with Crippen molar-refractivity contribution in [2.24, 2.45) is 0 Å². The maximum atomic E-state index is 12.1. The lowest BCUT2D eigenvalue weighted by Crippen LogP contribution is -2.35. The molecule has 1 aromatic heterocycles. The molecule has 1 aliphatic rings. The summed E-state index contributed by atoms with van der Waals surface area (Å²) in [5.74, 6) is -0.957. The van der Waals surface area contributed by atoms with Crippen LogP contribution in [0.15, 0.2) is 34.5 Å². The molecule has 0 radical (unpaired) electrons. The van der Waals surface area contributed by atoms with Gasteiger partial charge in [-0.15, -0.1) is 23.1 Å². The van der Waals surface area contributed by atoms with Gasteiger partial charge in [-0.1, -0.05) is 26.7 Å². The molecule has 0 aliphatic heterocycles. The normalized spacial score (nSPS) is 14.5. The minimum atomic E-state index is -0.662. The SMILES string of the molecule is CC(C)c1nc(CNC(=O)C(=O)Nc2ccc(SC3CCCC3)cc2)cs1. The van der Waals surface area contributed by atoms with Crippen molar-refractivity contribution in [3.8, 4) is 0 Å². The van der Waals surface area contributed by atoms with Gasteiger partial charge in [-0.3, -0.25) is 9.59 Å². The first-order valence-electron chi connectivity index (χ1n) is 9.31. The molecule has 1 aromatic carbocycles. The predicted molar refractivity (Wildman–Crippen MR) is 111 cm³/mol. The molecule has 0 saturated heterocycles. The van der Waals surface area contributed by atoms with Crippen LogP contribution in [0.2, 0.25) is 0 Å². The Morgan fingerprint density at radius 2 is 1.89 bits per heavy atom. The van der Waals surface area contributed by atoms with Crippen LogP contribution in [0, 0.1) is 0 Å². The molecule has 1 heterocycles. The van der Waals surface area contributed by atoms with E-state index in [0.717, 1.165) is 10.7 Å². The van der Waals surface area contributed by atoms with E-state index in [4.69, 9.17) is 0 Å². The lowest BCUT2D eigenvalue weighted by atomic mass is 10.2. The van der Waals surface area contributed by atoms with Crippen LogP contribution in [0.1, 0.15) is 56.2 Å². The first-order chi connectivity index (χ1) is 13.0. The monoisotopic (exact) mass is 403 g/mol. The van der Waals surface area contributed by atoms with Crippen molar-refractivity contribution in [3.05, 3.63) is 40.3 Å². The molecule has 0 atom stereocenters. The third-order valence-electron chi connectivity index (χ3n) is 4.42. The largest absolute Gasteiger partial charge is 0.342 e. The zero-order valence-electron chi connectivity index (χ0n) is 15.7. The number of thioether (sulfide) groups is 1. The third kappa shape index (κ3) is 5.81. The Morgan fingerprint density at radius 1 is 1.19 bits per heavy atom. The molecule has 27 heavy (non-hydrogen) atoms. The predicted octanol–water partition coefficient (Wildman–Crippen LogP) is 4.56. The third-order valence-corrected chi connectivity index (χ3v) is 6.96. The van der Waals surface area contributed by atoms with E-state index >= 15 is 0 Å². The summed E-state index contributed by atoms with van der Waals surface area (Å²) in [5, 5.41) is 8.91.